The molecule has 4 rings (SSSR count). The zero-order chi connectivity index (χ0) is 21.2. The Morgan fingerprint density at radius 3 is 2.38 bits per heavy atom. The maximum absolute atomic E-state index is 13.5. The SMILES string of the molecule is C=C1CC23CC1CCC2C1(C(=O)OC)CC=CC(C)(C(=O)OC)C1C3C(=O)OC. The minimum Gasteiger partial charge on any atom is -0.469 e. The predicted molar refractivity (Wildman–Crippen MR) is 104 cm³/mol. The largest absolute Gasteiger partial charge is 0.469 e. The maximum Gasteiger partial charge on any atom is 0.315 e. The Morgan fingerprint density at radius 1 is 1.07 bits per heavy atom. The topological polar surface area (TPSA) is 78.9 Å². The number of carbonyl (C=O) groups is 3. The van der Waals surface area contributed by atoms with Gasteiger partial charge in [0.2, 0.25) is 0 Å². The molecule has 0 heterocycles. The van der Waals surface area contributed by atoms with Crippen molar-refractivity contribution < 1.29 is 28.6 Å². The predicted octanol–water partition coefficient (Wildman–Crippen LogP) is 3.07. The Hall–Kier alpha value is -2.11. The number of hydrogen-bond donors (Lipinski definition) is 0. The van der Waals surface area contributed by atoms with E-state index < -0.39 is 34.1 Å². The molecule has 7 atom stereocenters. The highest BCUT2D eigenvalue weighted by Gasteiger charge is 2.78. The summed E-state index contributed by atoms with van der Waals surface area (Å²) in [4.78, 5) is 39.8. The summed E-state index contributed by atoms with van der Waals surface area (Å²) in [5.41, 5.74) is -1.37. The lowest BCUT2D eigenvalue weighted by molar-refractivity contribution is -0.172. The van der Waals surface area contributed by atoms with Crippen LogP contribution >= 0.6 is 0 Å². The molecule has 29 heavy (non-hydrogen) atoms. The van der Waals surface area contributed by atoms with Gasteiger partial charge in [-0.1, -0.05) is 24.3 Å². The van der Waals surface area contributed by atoms with Crippen LogP contribution in [0, 0.1) is 39.9 Å². The number of hydrogen-bond acceptors (Lipinski definition) is 6. The third-order valence-corrected chi connectivity index (χ3v) is 8.60. The molecule has 3 fully saturated rings. The van der Waals surface area contributed by atoms with Crippen molar-refractivity contribution in [1.82, 2.24) is 0 Å². The van der Waals surface area contributed by atoms with Crippen LogP contribution in [0.15, 0.2) is 24.3 Å². The van der Waals surface area contributed by atoms with Gasteiger partial charge < -0.3 is 14.2 Å². The van der Waals surface area contributed by atoms with Gasteiger partial charge in [-0.05, 0) is 56.3 Å². The van der Waals surface area contributed by atoms with Crippen molar-refractivity contribution >= 4 is 17.9 Å². The van der Waals surface area contributed by atoms with Crippen LogP contribution in [0.5, 0.6) is 0 Å². The van der Waals surface area contributed by atoms with Gasteiger partial charge in [-0.25, -0.2) is 0 Å². The van der Waals surface area contributed by atoms with E-state index in [1.54, 1.807) is 6.92 Å². The summed E-state index contributed by atoms with van der Waals surface area (Å²) in [5, 5.41) is 0. The Morgan fingerprint density at radius 2 is 1.76 bits per heavy atom. The van der Waals surface area contributed by atoms with Gasteiger partial charge in [-0.15, -0.1) is 0 Å². The molecule has 6 heteroatoms. The third kappa shape index (κ3) is 2.26. The first kappa shape index (κ1) is 20.2. The number of allylic oxidation sites excluding steroid dienone is 2. The van der Waals surface area contributed by atoms with Crippen molar-refractivity contribution in [1.29, 1.82) is 0 Å². The van der Waals surface area contributed by atoms with E-state index in [9.17, 15) is 14.4 Å². The number of ether oxygens (including phenoxy) is 3. The number of rotatable bonds is 3. The van der Waals surface area contributed by atoms with Gasteiger partial charge in [-0.3, -0.25) is 14.4 Å². The van der Waals surface area contributed by atoms with Crippen LogP contribution < -0.4 is 0 Å². The maximum atomic E-state index is 13.5. The summed E-state index contributed by atoms with van der Waals surface area (Å²) in [6.45, 7) is 6.07. The van der Waals surface area contributed by atoms with Crippen LogP contribution in [0.4, 0.5) is 0 Å². The molecule has 3 saturated carbocycles. The average Bonchev–Trinajstić information content (AvgIpc) is 3.14. The van der Waals surface area contributed by atoms with E-state index in [0.717, 1.165) is 24.8 Å². The van der Waals surface area contributed by atoms with Crippen LogP contribution in [-0.2, 0) is 28.6 Å². The normalized spacial score (nSPS) is 44.6. The van der Waals surface area contributed by atoms with Crippen molar-refractivity contribution in [2.24, 2.45) is 39.9 Å². The Kier molecular flexibility index (Phi) is 4.48. The van der Waals surface area contributed by atoms with E-state index >= 15 is 0 Å². The summed E-state index contributed by atoms with van der Waals surface area (Å²) >= 11 is 0. The molecule has 1 spiro atoms. The van der Waals surface area contributed by atoms with Gasteiger partial charge in [-0.2, -0.15) is 0 Å². The van der Waals surface area contributed by atoms with Gasteiger partial charge in [0.15, 0.2) is 0 Å². The van der Waals surface area contributed by atoms with E-state index in [1.165, 1.54) is 21.3 Å². The molecule has 0 saturated heterocycles. The highest BCUT2D eigenvalue weighted by molar-refractivity contribution is 5.89. The van der Waals surface area contributed by atoms with Crippen molar-refractivity contribution in [2.75, 3.05) is 21.3 Å². The first-order chi connectivity index (χ1) is 13.7. The van der Waals surface area contributed by atoms with Crippen molar-refractivity contribution in [3.8, 4) is 0 Å². The van der Waals surface area contributed by atoms with Gasteiger partial charge in [0.25, 0.3) is 0 Å². The smallest absolute Gasteiger partial charge is 0.315 e. The highest BCUT2D eigenvalue weighted by atomic mass is 16.5. The van der Waals surface area contributed by atoms with Crippen molar-refractivity contribution in [3.05, 3.63) is 24.3 Å². The summed E-state index contributed by atoms with van der Waals surface area (Å²) in [6.07, 6.45) is 7.42. The summed E-state index contributed by atoms with van der Waals surface area (Å²) in [6, 6.07) is 0. The first-order valence-electron chi connectivity index (χ1n) is 10.3. The molecular weight excluding hydrogens is 372 g/mol. The molecule has 6 nitrogen and oxygen atoms in total. The summed E-state index contributed by atoms with van der Waals surface area (Å²) < 4.78 is 15.8. The standard InChI is InChI=1S/C23H30O6/c1-13-11-22-12-14(13)7-8-15(22)23(20(26)29-5)10-6-9-21(2,19(25)28-4)17(23)16(22)18(24)27-3/h6,9,14-17H,1,7-8,10-12H2,2-5H3. The van der Waals surface area contributed by atoms with E-state index in [-0.39, 0.29) is 17.9 Å². The quantitative estimate of drug-likeness (QED) is 0.410. The fourth-order valence-corrected chi connectivity index (χ4v) is 7.75. The van der Waals surface area contributed by atoms with Gasteiger partial charge in [0.05, 0.1) is 38.1 Å². The molecule has 0 amide bonds. The Balaban J connectivity index is 2.01. The third-order valence-electron chi connectivity index (χ3n) is 8.60. The second-order valence-corrected chi connectivity index (χ2v) is 9.49. The number of fused-ring (bicyclic) bond motifs is 3. The lowest BCUT2D eigenvalue weighted by atomic mass is 9.54. The fraction of sp³-hybridized carbons (Fsp3) is 0.696. The zero-order valence-corrected chi connectivity index (χ0v) is 17.7. The molecule has 4 aliphatic rings. The molecule has 0 aromatic rings. The number of methoxy groups -OCH3 is 3. The van der Waals surface area contributed by atoms with Crippen LogP contribution in [0.1, 0.15) is 39.0 Å². The van der Waals surface area contributed by atoms with Crippen LogP contribution in [0.2, 0.25) is 0 Å². The number of carbonyl (C=O) groups excluding carboxylic acids is 3. The molecule has 0 aromatic heterocycles. The van der Waals surface area contributed by atoms with Crippen LogP contribution in [0.25, 0.3) is 0 Å². The molecule has 0 aromatic carbocycles. The zero-order valence-electron chi connectivity index (χ0n) is 17.7. The minimum absolute atomic E-state index is 0.0685. The molecule has 4 aliphatic carbocycles. The van der Waals surface area contributed by atoms with E-state index in [0.29, 0.717) is 18.8 Å². The minimum atomic E-state index is -1.12. The van der Waals surface area contributed by atoms with E-state index in [1.807, 2.05) is 12.2 Å². The average molecular weight is 402 g/mol. The lowest BCUT2D eigenvalue weighted by Crippen LogP contribution is -2.53. The van der Waals surface area contributed by atoms with Crippen molar-refractivity contribution in [3.63, 3.8) is 0 Å². The van der Waals surface area contributed by atoms with Gasteiger partial charge in [0, 0.05) is 5.92 Å². The molecule has 0 aliphatic heterocycles. The molecule has 158 valence electrons. The van der Waals surface area contributed by atoms with Crippen LogP contribution in [0.3, 0.4) is 0 Å². The Labute approximate surface area is 171 Å². The van der Waals surface area contributed by atoms with Crippen molar-refractivity contribution in [2.45, 2.75) is 39.0 Å². The fourth-order valence-electron chi connectivity index (χ4n) is 7.75. The van der Waals surface area contributed by atoms with E-state index in [4.69, 9.17) is 14.2 Å². The molecular formula is C23H30O6. The van der Waals surface area contributed by atoms with Gasteiger partial charge in [0.1, 0.15) is 0 Å². The van der Waals surface area contributed by atoms with E-state index in [2.05, 4.69) is 6.58 Å². The molecule has 2 bridgehead atoms. The lowest BCUT2D eigenvalue weighted by Gasteiger charge is -2.47. The second-order valence-electron chi connectivity index (χ2n) is 9.49. The number of esters is 3. The second kappa shape index (κ2) is 6.44. The molecule has 7 unspecified atom stereocenters. The summed E-state index contributed by atoms with van der Waals surface area (Å²) in [5.74, 6) is -2.02. The Bertz CT molecular complexity index is 814. The van der Waals surface area contributed by atoms with Gasteiger partial charge >= 0.3 is 17.9 Å². The monoisotopic (exact) mass is 402 g/mol. The summed E-state index contributed by atoms with van der Waals surface area (Å²) in [7, 11) is 4.11. The molecule has 0 radical (unpaired) electrons. The highest BCUT2D eigenvalue weighted by Crippen LogP contribution is 2.77. The first-order valence-corrected chi connectivity index (χ1v) is 10.3. The molecule has 0 N–H and O–H groups in total. The van der Waals surface area contributed by atoms with Crippen LogP contribution in [-0.4, -0.2) is 39.2 Å².